The van der Waals surface area contributed by atoms with E-state index in [0.29, 0.717) is 12.4 Å². The Hall–Kier alpha value is -1.30. The Bertz CT molecular complexity index is 382. The highest BCUT2D eigenvalue weighted by Crippen LogP contribution is 2.26. The summed E-state index contributed by atoms with van der Waals surface area (Å²) in [6.45, 7) is 2.51. The van der Waals surface area contributed by atoms with E-state index in [-0.39, 0.29) is 12.2 Å². The van der Waals surface area contributed by atoms with Crippen molar-refractivity contribution >= 4 is 5.78 Å². The maximum atomic E-state index is 12.1. The molecular formula is C10H16N4O2. The van der Waals surface area contributed by atoms with E-state index in [2.05, 4.69) is 15.4 Å². The summed E-state index contributed by atoms with van der Waals surface area (Å²) < 4.78 is 5.57. The van der Waals surface area contributed by atoms with Gasteiger partial charge in [-0.25, -0.2) is 0 Å². The zero-order chi connectivity index (χ0) is 11.6. The van der Waals surface area contributed by atoms with Gasteiger partial charge < -0.3 is 4.74 Å². The third-order valence-corrected chi connectivity index (χ3v) is 2.93. The van der Waals surface area contributed by atoms with Crippen LogP contribution in [0.25, 0.3) is 0 Å². The summed E-state index contributed by atoms with van der Waals surface area (Å²) in [5.74, 6) is 0.503. The van der Waals surface area contributed by atoms with Crippen molar-refractivity contribution in [3.05, 3.63) is 5.82 Å². The first-order chi connectivity index (χ1) is 7.60. The van der Waals surface area contributed by atoms with Gasteiger partial charge in [-0.05, 0) is 31.4 Å². The second kappa shape index (κ2) is 4.29. The average molecular weight is 224 g/mol. The van der Waals surface area contributed by atoms with Crippen LogP contribution in [0.4, 0.5) is 0 Å². The fourth-order valence-electron chi connectivity index (χ4n) is 1.88. The predicted octanol–water partition coefficient (Wildman–Crippen LogP) is 0.281. The number of Topliss-reactive ketones (excluding diaryl/α,β-unsaturated/α-hetero) is 1. The van der Waals surface area contributed by atoms with Crippen molar-refractivity contribution in [3.8, 4) is 0 Å². The number of carbonyl (C=O) groups is 1. The largest absolute Gasteiger partial charge is 0.367 e. The van der Waals surface area contributed by atoms with E-state index >= 15 is 0 Å². The Morgan fingerprint density at radius 3 is 2.94 bits per heavy atom. The number of rotatable bonds is 3. The molecule has 2 heterocycles. The van der Waals surface area contributed by atoms with Crippen molar-refractivity contribution in [2.45, 2.75) is 38.2 Å². The molecule has 1 atom stereocenters. The monoisotopic (exact) mass is 224 g/mol. The van der Waals surface area contributed by atoms with E-state index < -0.39 is 5.60 Å². The molecule has 0 spiro atoms. The highest BCUT2D eigenvalue weighted by atomic mass is 16.5. The highest BCUT2D eigenvalue weighted by Gasteiger charge is 2.36. The Labute approximate surface area is 94.0 Å². The lowest BCUT2D eigenvalue weighted by atomic mass is 9.90. The summed E-state index contributed by atoms with van der Waals surface area (Å²) in [6.07, 6.45) is 3.05. The lowest BCUT2D eigenvalue weighted by Crippen LogP contribution is -2.42. The molecule has 0 aliphatic carbocycles. The normalized spacial score (nSPS) is 25.6. The summed E-state index contributed by atoms with van der Waals surface area (Å²) in [7, 11) is 1.68. The van der Waals surface area contributed by atoms with Crippen LogP contribution in [0.3, 0.4) is 0 Å². The van der Waals surface area contributed by atoms with Gasteiger partial charge in [-0.2, -0.15) is 4.80 Å². The zero-order valence-electron chi connectivity index (χ0n) is 9.64. The molecular weight excluding hydrogens is 208 g/mol. The van der Waals surface area contributed by atoms with Gasteiger partial charge in [-0.1, -0.05) is 0 Å². The molecule has 1 aliphatic heterocycles. The molecule has 1 unspecified atom stereocenters. The van der Waals surface area contributed by atoms with Crippen LogP contribution in [0.5, 0.6) is 0 Å². The maximum absolute atomic E-state index is 12.1. The van der Waals surface area contributed by atoms with E-state index in [1.165, 1.54) is 4.80 Å². The first kappa shape index (κ1) is 11.2. The number of hydrogen-bond acceptors (Lipinski definition) is 5. The summed E-state index contributed by atoms with van der Waals surface area (Å²) in [6, 6.07) is 0. The first-order valence-electron chi connectivity index (χ1n) is 5.50. The number of ketones is 1. The molecule has 16 heavy (non-hydrogen) atoms. The number of hydrogen-bond donors (Lipinski definition) is 0. The minimum absolute atomic E-state index is 0.0419. The third-order valence-electron chi connectivity index (χ3n) is 2.93. The van der Waals surface area contributed by atoms with Crippen LogP contribution in [0.1, 0.15) is 32.0 Å². The number of nitrogens with zero attached hydrogens (tertiary/aromatic N) is 4. The van der Waals surface area contributed by atoms with Crippen molar-refractivity contribution in [2.24, 2.45) is 7.05 Å². The topological polar surface area (TPSA) is 69.9 Å². The third kappa shape index (κ3) is 2.27. The molecule has 0 saturated carbocycles. The Morgan fingerprint density at radius 2 is 2.38 bits per heavy atom. The van der Waals surface area contributed by atoms with Crippen LogP contribution in [0.2, 0.25) is 0 Å². The lowest BCUT2D eigenvalue weighted by molar-refractivity contribution is -0.147. The highest BCUT2D eigenvalue weighted by molar-refractivity contribution is 5.88. The van der Waals surface area contributed by atoms with E-state index in [9.17, 15) is 4.79 Å². The van der Waals surface area contributed by atoms with Crippen molar-refractivity contribution in [1.82, 2.24) is 20.2 Å². The maximum Gasteiger partial charge on any atom is 0.182 e. The minimum atomic E-state index is -0.655. The second-order valence-electron chi connectivity index (χ2n) is 4.33. The van der Waals surface area contributed by atoms with E-state index in [1.807, 2.05) is 6.92 Å². The average Bonchev–Trinajstić information content (AvgIpc) is 2.65. The van der Waals surface area contributed by atoms with Crippen LogP contribution in [-0.2, 0) is 23.0 Å². The van der Waals surface area contributed by atoms with Gasteiger partial charge in [0.15, 0.2) is 11.6 Å². The minimum Gasteiger partial charge on any atom is -0.367 e. The van der Waals surface area contributed by atoms with Gasteiger partial charge >= 0.3 is 0 Å². The van der Waals surface area contributed by atoms with Crippen LogP contribution in [-0.4, -0.2) is 38.2 Å². The Kier molecular flexibility index (Phi) is 3.00. The van der Waals surface area contributed by atoms with Gasteiger partial charge in [0.2, 0.25) is 0 Å². The standard InChI is InChI=1S/C10H16N4O2/c1-10(5-3-4-6-16-10)8(15)7-9-11-13-14(2)12-9/h3-7H2,1-2H3. The molecule has 0 bridgehead atoms. The van der Waals surface area contributed by atoms with Crippen molar-refractivity contribution in [3.63, 3.8) is 0 Å². The second-order valence-corrected chi connectivity index (χ2v) is 4.33. The van der Waals surface area contributed by atoms with Gasteiger partial charge in [0, 0.05) is 6.61 Å². The summed E-state index contributed by atoms with van der Waals surface area (Å²) >= 11 is 0. The molecule has 1 aromatic heterocycles. The number of tetrazole rings is 1. The van der Waals surface area contributed by atoms with E-state index in [1.54, 1.807) is 7.05 Å². The Balaban J connectivity index is 2.01. The van der Waals surface area contributed by atoms with E-state index in [4.69, 9.17) is 4.74 Å². The van der Waals surface area contributed by atoms with Crippen LogP contribution >= 0.6 is 0 Å². The molecule has 6 nitrogen and oxygen atoms in total. The molecule has 1 aromatic rings. The van der Waals surface area contributed by atoms with Crippen molar-refractivity contribution in [1.29, 1.82) is 0 Å². The van der Waals surface area contributed by atoms with E-state index in [0.717, 1.165) is 19.3 Å². The quantitative estimate of drug-likeness (QED) is 0.737. The van der Waals surface area contributed by atoms with Crippen LogP contribution in [0.15, 0.2) is 0 Å². The smallest absolute Gasteiger partial charge is 0.182 e. The van der Waals surface area contributed by atoms with Gasteiger partial charge in [0.1, 0.15) is 5.60 Å². The molecule has 1 aliphatic rings. The molecule has 1 fully saturated rings. The molecule has 0 aromatic carbocycles. The van der Waals surface area contributed by atoms with Crippen molar-refractivity contribution < 1.29 is 9.53 Å². The van der Waals surface area contributed by atoms with Crippen molar-refractivity contribution in [2.75, 3.05) is 6.61 Å². The molecule has 0 amide bonds. The Morgan fingerprint density at radius 1 is 1.56 bits per heavy atom. The molecule has 2 rings (SSSR count). The van der Waals surface area contributed by atoms with Gasteiger partial charge in [0.05, 0.1) is 13.5 Å². The summed E-state index contributed by atoms with van der Waals surface area (Å²) in [5.41, 5.74) is -0.655. The predicted molar refractivity (Wildman–Crippen MR) is 55.7 cm³/mol. The number of aromatic nitrogens is 4. The number of carbonyl (C=O) groups excluding carboxylic acids is 1. The van der Waals surface area contributed by atoms with Crippen LogP contribution < -0.4 is 0 Å². The van der Waals surface area contributed by atoms with Gasteiger partial charge in [0.25, 0.3) is 0 Å². The summed E-state index contributed by atoms with van der Waals surface area (Å²) in [4.78, 5) is 13.4. The fraction of sp³-hybridized carbons (Fsp3) is 0.800. The summed E-state index contributed by atoms with van der Waals surface area (Å²) in [5, 5.41) is 11.5. The van der Waals surface area contributed by atoms with Crippen LogP contribution in [0, 0.1) is 0 Å². The first-order valence-corrected chi connectivity index (χ1v) is 5.50. The van der Waals surface area contributed by atoms with Gasteiger partial charge in [-0.3, -0.25) is 4.79 Å². The number of ether oxygens (including phenoxy) is 1. The number of aryl methyl sites for hydroxylation is 1. The molecule has 88 valence electrons. The molecule has 0 radical (unpaired) electrons. The molecule has 0 N–H and O–H groups in total. The SMILES string of the molecule is Cn1nnc(CC(=O)C2(C)CCCCO2)n1. The van der Waals surface area contributed by atoms with Gasteiger partial charge in [-0.15, -0.1) is 10.2 Å². The zero-order valence-corrected chi connectivity index (χ0v) is 9.64. The molecule has 6 heteroatoms. The molecule has 1 saturated heterocycles. The fourth-order valence-corrected chi connectivity index (χ4v) is 1.88. The lowest BCUT2D eigenvalue weighted by Gasteiger charge is -2.31.